The van der Waals surface area contributed by atoms with Crippen molar-refractivity contribution in [2.24, 2.45) is 0 Å². The molecule has 0 amide bonds. The van der Waals surface area contributed by atoms with Crippen molar-refractivity contribution in [3.8, 4) is 0 Å². The van der Waals surface area contributed by atoms with Crippen LogP contribution in [0.1, 0.15) is 15.9 Å². The Morgan fingerprint density at radius 1 is 1.15 bits per heavy atom. The molecule has 2 rings (SSSR count). The summed E-state index contributed by atoms with van der Waals surface area (Å²) in [5.41, 5.74) is 7.29. The normalized spacial score (nSPS) is 12.4. The zero-order chi connectivity index (χ0) is 14.5. The summed E-state index contributed by atoms with van der Waals surface area (Å²) < 4.78 is 4.88. The van der Waals surface area contributed by atoms with E-state index in [1.807, 2.05) is 0 Å². The molecule has 1 aromatic rings. The van der Waals surface area contributed by atoms with Crippen LogP contribution in [0.2, 0.25) is 0 Å². The van der Waals surface area contributed by atoms with Crippen molar-refractivity contribution in [2.75, 3.05) is 0 Å². The van der Waals surface area contributed by atoms with Gasteiger partial charge in [0.15, 0.2) is 5.76 Å². The number of esters is 1. The van der Waals surface area contributed by atoms with Crippen molar-refractivity contribution < 1.29 is 19.4 Å². The van der Waals surface area contributed by atoms with Gasteiger partial charge in [0.25, 0.3) is 0 Å². The van der Waals surface area contributed by atoms with Gasteiger partial charge in [-0.25, -0.2) is 9.59 Å². The summed E-state index contributed by atoms with van der Waals surface area (Å²) in [4.78, 5) is 21.8. The molecule has 1 N–H and O–H groups in total. The van der Waals surface area contributed by atoms with Crippen LogP contribution in [0.25, 0.3) is 5.57 Å². The van der Waals surface area contributed by atoms with Crippen LogP contribution in [0, 0.1) is 0 Å². The lowest BCUT2D eigenvalue weighted by Crippen LogP contribution is -1.98. The number of allylic oxidation sites excluding steroid dienone is 3. The van der Waals surface area contributed by atoms with E-state index >= 15 is 0 Å². The molecular weight excluding hydrogens is 256 g/mol. The van der Waals surface area contributed by atoms with Gasteiger partial charge in [-0.3, -0.25) is 0 Å². The lowest BCUT2D eigenvalue weighted by molar-refractivity contribution is -0.133. The second-order valence-corrected chi connectivity index (χ2v) is 3.87. The molecule has 4 heteroatoms. The van der Waals surface area contributed by atoms with E-state index in [-0.39, 0.29) is 11.3 Å². The first-order valence-corrected chi connectivity index (χ1v) is 5.72. The topological polar surface area (TPSA) is 63.6 Å². The van der Waals surface area contributed by atoms with Crippen molar-refractivity contribution in [1.29, 1.82) is 0 Å². The molecule has 0 unspecified atom stereocenters. The van der Waals surface area contributed by atoms with E-state index < -0.39 is 11.9 Å². The van der Waals surface area contributed by atoms with Crippen LogP contribution in [0.15, 0.2) is 66.3 Å². The van der Waals surface area contributed by atoms with Crippen LogP contribution in [-0.4, -0.2) is 17.0 Å². The molecule has 1 aliphatic carbocycles. The molecular formula is C16H10O4. The van der Waals surface area contributed by atoms with Gasteiger partial charge < -0.3 is 9.84 Å². The first kappa shape index (κ1) is 13.4. The molecule has 4 nitrogen and oxygen atoms in total. The molecule has 0 aliphatic heterocycles. The Kier molecular flexibility index (Phi) is 3.82. The summed E-state index contributed by atoms with van der Waals surface area (Å²) in [5, 5.41) is 8.82. The molecule has 0 radical (unpaired) electrons. The molecule has 0 heterocycles. The maximum absolute atomic E-state index is 11.0. The van der Waals surface area contributed by atoms with Gasteiger partial charge in [-0.15, -0.1) is 0 Å². The van der Waals surface area contributed by atoms with Gasteiger partial charge in [-0.05, 0) is 35.6 Å². The Morgan fingerprint density at radius 3 is 2.35 bits per heavy atom. The molecule has 0 aromatic heterocycles. The van der Waals surface area contributed by atoms with Crippen LogP contribution < -0.4 is 0 Å². The van der Waals surface area contributed by atoms with Crippen molar-refractivity contribution in [2.45, 2.75) is 0 Å². The van der Waals surface area contributed by atoms with Crippen molar-refractivity contribution >= 4 is 17.5 Å². The molecule has 0 bridgehead atoms. The second kappa shape index (κ2) is 5.72. The van der Waals surface area contributed by atoms with Gasteiger partial charge in [-0.1, -0.05) is 24.4 Å². The van der Waals surface area contributed by atoms with E-state index in [2.05, 4.69) is 18.0 Å². The summed E-state index contributed by atoms with van der Waals surface area (Å²) >= 11 is 0. The highest BCUT2D eigenvalue weighted by atomic mass is 16.5. The molecule has 1 aromatic carbocycles. The molecule has 0 spiro atoms. The molecule has 0 fully saturated rings. The van der Waals surface area contributed by atoms with Crippen LogP contribution in [0.5, 0.6) is 0 Å². The van der Waals surface area contributed by atoms with E-state index in [0.29, 0.717) is 0 Å². The van der Waals surface area contributed by atoms with Gasteiger partial charge in [0.1, 0.15) is 0 Å². The zero-order valence-electron chi connectivity index (χ0n) is 10.4. The lowest BCUT2D eigenvalue weighted by atomic mass is 10.0. The number of carboxylic acid groups (broad SMARTS) is 1. The van der Waals surface area contributed by atoms with Gasteiger partial charge in [-0.2, -0.15) is 0 Å². The number of carboxylic acids is 1. The average molecular weight is 266 g/mol. The van der Waals surface area contributed by atoms with Crippen molar-refractivity contribution in [3.05, 3.63) is 77.4 Å². The first-order chi connectivity index (χ1) is 9.60. The number of benzene rings is 1. The smallest absolute Gasteiger partial charge is 0.336 e. The third kappa shape index (κ3) is 3.03. The minimum atomic E-state index is -0.973. The Balaban J connectivity index is 2.28. The van der Waals surface area contributed by atoms with Gasteiger partial charge in [0, 0.05) is 11.6 Å². The standard InChI is InChI=1S/C16H10O4/c1-2-15(17)20-14-9-7-12(8-10-14)11-3-5-13(6-4-11)16(18)19/h2-7,9H,1H2,(H,18,19). The van der Waals surface area contributed by atoms with Crippen LogP contribution >= 0.6 is 0 Å². The van der Waals surface area contributed by atoms with E-state index in [0.717, 1.165) is 17.2 Å². The fraction of sp³-hybridized carbons (Fsp3) is 0. The largest absolute Gasteiger partial charge is 0.478 e. The minimum Gasteiger partial charge on any atom is -0.478 e. The molecule has 0 atom stereocenters. The average Bonchev–Trinajstić information content (AvgIpc) is 2.48. The van der Waals surface area contributed by atoms with E-state index in [9.17, 15) is 9.59 Å². The summed E-state index contributed by atoms with van der Waals surface area (Å²) in [5.74, 6) is -1.28. The summed E-state index contributed by atoms with van der Waals surface area (Å²) in [6.45, 7) is 3.30. The van der Waals surface area contributed by atoms with E-state index in [4.69, 9.17) is 9.84 Å². The molecule has 98 valence electrons. The molecule has 1 aliphatic rings. The predicted octanol–water partition coefficient (Wildman–Crippen LogP) is 2.71. The van der Waals surface area contributed by atoms with E-state index in [1.165, 1.54) is 12.1 Å². The number of hydrogen-bond donors (Lipinski definition) is 1. The quantitative estimate of drug-likeness (QED) is 0.517. The Morgan fingerprint density at radius 2 is 1.85 bits per heavy atom. The van der Waals surface area contributed by atoms with Crippen LogP contribution in [-0.2, 0) is 9.53 Å². The SMILES string of the molecule is C=CC(=O)OC1=C=C=C(c2ccc(C(=O)O)cc2)C=C1. The first-order valence-electron chi connectivity index (χ1n) is 5.72. The maximum Gasteiger partial charge on any atom is 0.336 e. The summed E-state index contributed by atoms with van der Waals surface area (Å²) in [6, 6.07) is 6.38. The van der Waals surface area contributed by atoms with Crippen molar-refractivity contribution in [1.82, 2.24) is 0 Å². The Hall–Kier alpha value is -3.06. The number of rotatable bonds is 4. The summed E-state index contributed by atoms with van der Waals surface area (Å²) in [7, 11) is 0. The molecule has 0 saturated carbocycles. The highest BCUT2D eigenvalue weighted by Crippen LogP contribution is 2.19. The monoisotopic (exact) mass is 266 g/mol. The van der Waals surface area contributed by atoms with Crippen LogP contribution in [0.4, 0.5) is 0 Å². The zero-order valence-corrected chi connectivity index (χ0v) is 10.4. The lowest BCUT2D eigenvalue weighted by Gasteiger charge is -2.04. The molecule has 0 saturated heterocycles. The Labute approximate surface area is 115 Å². The van der Waals surface area contributed by atoms with Crippen LogP contribution in [0.3, 0.4) is 0 Å². The van der Waals surface area contributed by atoms with Gasteiger partial charge in [0.2, 0.25) is 0 Å². The Bertz CT molecular complexity index is 707. The predicted molar refractivity (Wildman–Crippen MR) is 72.8 cm³/mol. The number of aromatic carboxylic acids is 1. The van der Waals surface area contributed by atoms with Gasteiger partial charge >= 0.3 is 11.9 Å². The van der Waals surface area contributed by atoms with E-state index in [1.54, 1.807) is 24.3 Å². The number of carbonyl (C=O) groups is 2. The third-order valence-electron chi connectivity index (χ3n) is 2.54. The van der Waals surface area contributed by atoms with Gasteiger partial charge in [0.05, 0.1) is 5.56 Å². The van der Waals surface area contributed by atoms with Crippen molar-refractivity contribution in [3.63, 3.8) is 0 Å². The number of hydrogen-bond acceptors (Lipinski definition) is 3. The fourth-order valence-electron chi connectivity index (χ4n) is 1.54. The highest BCUT2D eigenvalue weighted by Gasteiger charge is 2.06. The fourth-order valence-corrected chi connectivity index (χ4v) is 1.54. The molecule has 20 heavy (non-hydrogen) atoms. The maximum atomic E-state index is 11.0. The number of ether oxygens (including phenoxy) is 1. The summed E-state index contributed by atoms with van der Waals surface area (Å²) in [6.07, 6.45) is 4.35. The minimum absolute atomic E-state index is 0.217. The third-order valence-corrected chi connectivity index (χ3v) is 2.54. The highest BCUT2D eigenvalue weighted by molar-refractivity contribution is 5.88. The number of carbonyl (C=O) groups excluding carboxylic acids is 1. The second-order valence-electron chi connectivity index (χ2n) is 3.87.